The van der Waals surface area contributed by atoms with Crippen LogP contribution in [0.1, 0.15) is 127 Å². The Labute approximate surface area is 185 Å². The fraction of sp³-hybridized carbons (Fsp3) is 1.00. The van der Waals surface area contributed by atoms with E-state index in [0.29, 0.717) is 11.3 Å². The van der Waals surface area contributed by atoms with Crippen LogP contribution in [-0.2, 0) is 8.85 Å². The van der Waals surface area contributed by atoms with E-state index in [4.69, 9.17) is 8.85 Å². The third kappa shape index (κ3) is 3.50. The Morgan fingerprint density at radius 1 is 0.828 bits per heavy atom. The van der Waals surface area contributed by atoms with Crippen molar-refractivity contribution in [3.8, 4) is 0 Å². The predicted octanol–water partition coefficient (Wildman–Crippen LogP) is 8.88. The van der Waals surface area contributed by atoms with Gasteiger partial charge < -0.3 is 8.85 Å². The number of hydrogen-bond acceptors (Lipinski definition) is 2. The Balaban J connectivity index is 3.95. The lowest BCUT2D eigenvalue weighted by atomic mass is 9.46. The van der Waals surface area contributed by atoms with Gasteiger partial charge in [-0.1, -0.05) is 81.6 Å². The van der Waals surface area contributed by atoms with Crippen molar-refractivity contribution in [2.45, 2.75) is 137 Å². The van der Waals surface area contributed by atoms with E-state index in [0.717, 1.165) is 0 Å². The van der Waals surface area contributed by atoms with Gasteiger partial charge in [-0.05, 0) is 61.7 Å². The minimum absolute atomic E-state index is 0.0582. The fourth-order valence-corrected chi connectivity index (χ4v) is 14.9. The van der Waals surface area contributed by atoms with Crippen LogP contribution in [0.25, 0.3) is 0 Å². The average Bonchev–Trinajstić information content (AvgIpc) is 2.74. The largest absolute Gasteiger partial charge is 0.397 e. The van der Waals surface area contributed by atoms with Crippen molar-refractivity contribution in [3.05, 3.63) is 0 Å². The van der Waals surface area contributed by atoms with Gasteiger partial charge >= 0.3 is 8.56 Å². The molecule has 2 nitrogen and oxygen atoms in total. The molecule has 0 aromatic heterocycles. The lowest BCUT2D eigenvalue weighted by Crippen LogP contribution is -2.69. The van der Waals surface area contributed by atoms with E-state index in [1.807, 2.05) is 14.2 Å². The zero-order chi connectivity index (χ0) is 22.6. The molecule has 2 unspecified atom stereocenters. The highest BCUT2D eigenvalue weighted by Crippen LogP contribution is 2.77. The van der Waals surface area contributed by atoms with E-state index in [-0.39, 0.29) is 15.5 Å². The molecule has 0 heterocycles. The fourth-order valence-electron chi connectivity index (χ4n) is 8.63. The summed E-state index contributed by atoms with van der Waals surface area (Å²) in [7, 11) is 1.35. The highest BCUT2D eigenvalue weighted by Gasteiger charge is 2.75. The van der Waals surface area contributed by atoms with E-state index in [9.17, 15) is 0 Å². The highest BCUT2D eigenvalue weighted by molar-refractivity contribution is 6.74. The molecule has 1 aliphatic rings. The molecule has 0 aromatic carbocycles. The lowest BCUT2D eigenvalue weighted by Gasteiger charge is -2.70. The SMILES string of the molecule is CCCC(C)C(C)(C)[Si](OC)(OC)C1(CC)CCCC(CC)(CC)C1(CC)CC. The Hall–Kier alpha value is 0.137. The van der Waals surface area contributed by atoms with Crippen molar-refractivity contribution in [1.82, 2.24) is 0 Å². The van der Waals surface area contributed by atoms with Gasteiger partial charge in [0.1, 0.15) is 0 Å². The monoisotopic (exact) mass is 426 g/mol. The number of hydrogen-bond donors (Lipinski definition) is 0. The first-order chi connectivity index (χ1) is 13.6. The minimum atomic E-state index is -2.62. The summed E-state index contributed by atoms with van der Waals surface area (Å²) in [5.41, 5.74) is 0.669. The average molecular weight is 427 g/mol. The predicted molar refractivity (Wildman–Crippen MR) is 131 cm³/mol. The summed E-state index contributed by atoms with van der Waals surface area (Å²) in [4.78, 5) is 0. The molecular formula is C26H54O2Si. The molecule has 174 valence electrons. The van der Waals surface area contributed by atoms with Crippen LogP contribution in [0.2, 0.25) is 10.1 Å². The lowest BCUT2D eigenvalue weighted by molar-refractivity contribution is -0.0941. The quantitative estimate of drug-likeness (QED) is 0.290. The Bertz CT molecular complexity index is 489. The standard InChI is InChI=1S/C26H54O2Si/c1-12-19-22(7)23(8,9)29(27-10,28-11)26(17-6)21-18-20-24(13-2,14-3)25(26,15-4)16-5/h22H,12-21H2,1-11H3. The van der Waals surface area contributed by atoms with Gasteiger partial charge in [-0.15, -0.1) is 0 Å². The van der Waals surface area contributed by atoms with Crippen LogP contribution in [0, 0.1) is 16.7 Å². The molecule has 29 heavy (non-hydrogen) atoms. The van der Waals surface area contributed by atoms with Crippen LogP contribution in [0.5, 0.6) is 0 Å². The molecule has 1 rings (SSSR count). The first-order valence-corrected chi connectivity index (χ1v) is 14.5. The summed E-state index contributed by atoms with van der Waals surface area (Å²) in [6, 6.07) is 0. The van der Waals surface area contributed by atoms with Crippen LogP contribution in [-0.4, -0.2) is 22.8 Å². The molecule has 0 radical (unpaired) electrons. The molecule has 0 amide bonds. The summed E-state index contributed by atoms with van der Waals surface area (Å²) in [5.74, 6) is 0.591. The molecule has 0 spiro atoms. The van der Waals surface area contributed by atoms with Gasteiger partial charge in [-0.2, -0.15) is 0 Å². The molecule has 2 atom stereocenters. The summed E-state index contributed by atoms with van der Waals surface area (Å²) < 4.78 is 13.6. The molecule has 0 N–H and O–H groups in total. The molecule has 1 aliphatic carbocycles. The topological polar surface area (TPSA) is 18.5 Å². The van der Waals surface area contributed by atoms with Crippen molar-refractivity contribution < 1.29 is 8.85 Å². The summed E-state index contributed by atoms with van der Waals surface area (Å²) in [5, 5.41) is 0.200. The summed E-state index contributed by atoms with van der Waals surface area (Å²) in [6.07, 6.45) is 12.6. The van der Waals surface area contributed by atoms with Gasteiger partial charge in [0.05, 0.1) is 0 Å². The third-order valence-corrected chi connectivity index (χ3v) is 16.0. The van der Waals surface area contributed by atoms with Gasteiger partial charge in [0.15, 0.2) is 0 Å². The Morgan fingerprint density at radius 2 is 1.34 bits per heavy atom. The molecule has 1 saturated carbocycles. The van der Waals surface area contributed by atoms with Crippen LogP contribution < -0.4 is 0 Å². The second-order valence-electron chi connectivity index (χ2n) is 10.5. The third-order valence-electron chi connectivity index (χ3n) is 10.4. The van der Waals surface area contributed by atoms with E-state index < -0.39 is 8.56 Å². The Morgan fingerprint density at radius 3 is 1.69 bits per heavy atom. The second kappa shape index (κ2) is 10.2. The van der Waals surface area contributed by atoms with Crippen molar-refractivity contribution >= 4 is 8.56 Å². The zero-order valence-electron chi connectivity index (χ0n) is 22.0. The smallest absolute Gasteiger partial charge is 0.350 e. The number of rotatable bonds is 12. The molecule has 0 saturated heterocycles. The van der Waals surface area contributed by atoms with Crippen LogP contribution in [0.15, 0.2) is 0 Å². The van der Waals surface area contributed by atoms with Gasteiger partial charge in [0.25, 0.3) is 0 Å². The maximum Gasteiger partial charge on any atom is 0.350 e. The Kier molecular flexibility index (Phi) is 9.53. The molecular weight excluding hydrogens is 372 g/mol. The molecule has 0 aliphatic heterocycles. The van der Waals surface area contributed by atoms with Gasteiger partial charge in [-0.3, -0.25) is 0 Å². The van der Waals surface area contributed by atoms with Crippen LogP contribution in [0.3, 0.4) is 0 Å². The van der Waals surface area contributed by atoms with E-state index >= 15 is 0 Å². The first kappa shape index (κ1) is 27.2. The summed E-state index contributed by atoms with van der Waals surface area (Å²) in [6.45, 7) is 22.0. The van der Waals surface area contributed by atoms with E-state index in [2.05, 4.69) is 62.3 Å². The van der Waals surface area contributed by atoms with Crippen LogP contribution >= 0.6 is 0 Å². The van der Waals surface area contributed by atoms with Crippen molar-refractivity contribution in [1.29, 1.82) is 0 Å². The highest BCUT2D eigenvalue weighted by atomic mass is 28.4. The first-order valence-electron chi connectivity index (χ1n) is 12.7. The van der Waals surface area contributed by atoms with E-state index in [1.54, 1.807) is 0 Å². The normalized spacial score (nSPS) is 25.8. The van der Waals surface area contributed by atoms with Crippen molar-refractivity contribution in [2.24, 2.45) is 16.7 Å². The van der Waals surface area contributed by atoms with Crippen LogP contribution in [0.4, 0.5) is 0 Å². The molecule has 3 heteroatoms. The van der Waals surface area contributed by atoms with Gasteiger partial charge in [-0.25, -0.2) is 0 Å². The van der Waals surface area contributed by atoms with Crippen molar-refractivity contribution in [2.75, 3.05) is 14.2 Å². The molecule has 0 aromatic rings. The van der Waals surface area contributed by atoms with E-state index in [1.165, 1.54) is 64.2 Å². The maximum absolute atomic E-state index is 6.81. The minimum Gasteiger partial charge on any atom is -0.397 e. The van der Waals surface area contributed by atoms with Gasteiger partial charge in [0.2, 0.25) is 0 Å². The van der Waals surface area contributed by atoms with Gasteiger partial charge in [0, 0.05) is 24.3 Å². The van der Waals surface area contributed by atoms with Crippen molar-refractivity contribution in [3.63, 3.8) is 0 Å². The second-order valence-corrected chi connectivity index (χ2v) is 14.8. The molecule has 0 bridgehead atoms. The maximum atomic E-state index is 6.81. The molecule has 1 fully saturated rings. The zero-order valence-corrected chi connectivity index (χ0v) is 23.0. The summed E-state index contributed by atoms with van der Waals surface area (Å²) >= 11 is 0.